The number of thiophene rings is 1. The van der Waals surface area contributed by atoms with E-state index in [9.17, 15) is 9.18 Å². The summed E-state index contributed by atoms with van der Waals surface area (Å²) in [6.07, 6.45) is 1.54. The van der Waals surface area contributed by atoms with Gasteiger partial charge in [-0.25, -0.2) is 4.39 Å². The number of amides is 1. The summed E-state index contributed by atoms with van der Waals surface area (Å²) in [5.41, 5.74) is 6.22. The van der Waals surface area contributed by atoms with Gasteiger partial charge in [-0.2, -0.15) is 0 Å². The molecule has 0 bridgehead atoms. The maximum atomic E-state index is 13.2. The molecule has 102 valence electrons. The van der Waals surface area contributed by atoms with Gasteiger partial charge in [-0.15, -0.1) is 11.3 Å². The SMILES string of the molecule is Nc1c(C(=O)NCc2ccco2)sc2ccc(F)cc12. The molecule has 3 aromatic rings. The van der Waals surface area contributed by atoms with E-state index in [1.807, 2.05) is 0 Å². The number of anilines is 1. The first-order chi connectivity index (χ1) is 9.65. The van der Waals surface area contributed by atoms with Gasteiger partial charge < -0.3 is 15.5 Å². The number of fused-ring (bicyclic) bond motifs is 1. The number of hydrogen-bond acceptors (Lipinski definition) is 4. The standard InChI is InChI=1S/C14H11FN2O2S/c15-8-3-4-11-10(6-8)12(16)13(20-11)14(18)17-7-9-2-1-5-19-9/h1-6H,7,16H2,(H,17,18). The van der Waals surface area contributed by atoms with Gasteiger partial charge in [-0.1, -0.05) is 0 Å². The zero-order chi connectivity index (χ0) is 14.1. The highest BCUT2D eigenvalue weighted by Gasteiger charge is 2.16. The van der Waals surface area contributed by atoms with Crippen LogP contribution in [0.3, 0.4) is 0 Å². The molecule has 1 amide bonds. The first kappa shape index (κ1) is 12.7. The van der Waals surface area contributed by atoms with Crippen LogP contribution in [0.2, 0.25) is 0 Å². The number of rotatable bonds is 3. The van der Waals surface area contributed by atoms with Gasteiger partial charge in [0, 0.05) is 10.1 Å². The van der Waals surface area contributed by atoms with Gasteiger partial charge in [0.2, 0.25) is 0 Å². The number of furan rings is 1. The summed E-state index contributed by atoms with van der Waals surface area (Å²) in [6, 6.07) is 7.82. The number of carbonyl (C=O) groups is 1. The van der Waals surface area contributed by atoms with Crippen molar-refractivity contribution in [3.05, 3.63) is 53.0 Å². The van der Waals surface area contributed by atoms with E-state index in [0.29, 0.717) is 21.7 Å². The van der Waals surface area contributed by atoms with Crippen molar-refractivity contribution in [1.29, 1.82) is 0 Å². The number of hydrogen-bond donors (Lipinski definition) is 2. The molecule has 0 aliphatic heterocycles. The zero-order valence-electron chi connectivity index (χ0n) is 10.4. The molecule has 0 saturated carbocycles. The van der Waals surface area contributed by atoms with Gasteiger partial charge in [-0.05, 0) is 30.3 Å². The van der Waals surface area contributed by atoms with Crippen molar-refractivity contribution >= 4 is 33.0 Å². The van der Waals surface area contributed by atoms with E-state index in [1.54, 1.807) is 18.2 Å². The third-order valence-corrected chi connectivity index (χ3v) is 4.08. The fraction of sp³-hybridized carbons (Fsp3) is 0.0714. The highest BCUT2D eigenvalue weighted by Crippen LogP contribution is 2.33. The molecule has 2 aromatic heterocycles. The number of halogens is 1. The normalized spacial score (nSPS) is 10.8. The summed E-state index contributed by atoms with van der Waals surface area (Å²) in [4.78, 5) is 12.5. The Bertz CT molecular complexity index is 765. The van der Waals surface area contributed by atoms with Crippen molar-refractivity contribution in [1.82, 2.24) is 5.32 Å². The monoisotopic (exact) mass is 290 g/mol. The largest absolute Gasteiger partial charge is 0.467 e. The minimum Gasteiger partial charge on any atom is -0.467 e. The molecular formula is C14H11FN2O2S. The number of nitrogen functional groups attached to an aromatic ring is 1. The third-order valence-electron chi connectivity index (χ3n) is 2.90. The Morgan fingerprint density at radius 3 is 3.00 bits per heavy atom. The number of carbonyl (C=O) groups excluding carboxylic acids is 1. The van der Waals surface area contributed by atoms with E-state index in [2.05, 4.69) is 5.32 Å². The molecule has 6 heteroatoms. The van der Waals surface area contributed by atoms with Crippen LogP contribution in [-0.2, 0) is 6.54 Å². The molecule has 3 N–H and O–H groups in total. The summed E-state index contributed by atoms with van der Waals surface area (Å²) in [7, 11) is 0. The number of nitrogens with two attached hydrogens (primary N) is 1. The summed E-state index contributed by atoms with van der Waals surface area (Å²) < 4.78 is 19.1. The average Bonchev–Trinajstić information content (AvgIpc) is 3.05. The molecule has 0 aliphatic rings. The predicted octanol–water partition coefficient (Wildman–Crippen LogP) is 3.15. The molecule has 0 unspecified atom stereocenters. The van der Waals surface area contributed by atoms with E-state index in [1.165, 1.54) is 29.7 Å². The van der Waals surface area contributed by atoms with Gasteiger partial charge >= 0.3 is 0 Å². The van der Waals surface area contributed by atoms with Crippen LogP contribution in [-0.4, -0.2) is 5.91 Å². The molecule has 0 aliphatic carbocycles. The van der Waals surface area contributed by atoms with Crippen molar-refractivity contribution in [3.63, 3.8) is 0 Å². The highest BCUT2D eigenvalue weighted by atomic mass is 32.1. The van der Waals surface area contributed by atoms with E-state index in [4.69, 9.17) is 10.2 Å². The van der Waals surface area contributed by atoms with Crippen molar-refractivity contribution in [2.24, 2.45) is 0 Å². The Kier molecular flexibility index (Phi) is 3.15. The molecule has 0 spiro atoms. The van der Waals surface area contributed by atoms with Crippen LogP contribution in [0.4, 0.5) is 10.1 Å². The highest BCUT2D eigenvalue weighted by molar-refractivity contribution is 7.21. The topological polar surface area (TPSA) is 68.3 Å². The van der Waals surface area contributed by atoms with Crippen LogP contribution in [0, 0.1) is 5.82 Å². The van der Waals surface area contributed by atoms with Gasteiger partial charge in [-0.3, -0.25) is 4.79 Å². The molecule has 3 rings (SSSR count). The van der Waals surface area contributed by atoms with Crippen molar-refractivity contribution in [3.8, 4) is 0 Å². The Hall–Kier alpha value is -2.34. The van der Waals surface area contributed by atoms with E-state index < -0.39 is 0 Å². The van der Waals surface area contributed by atoms with Crippen molar-refractivity contribution < 1.29 is 13.6 Å². The smallest absolute Gasteiger partial charge is 0.263 e. The first-order valence-electron chi connectivity index (χ1n) is 5.93. The predicted molar refractivity (Wildman–Crippen MR) is 76.1 cm³/mol. The van der Waals surface area contributed by atoms with Crippen molar-refractivity contribution in [2.45, 2.75) is 6.54 Å². The van der Waals surface area contributed by atoms with Crippen LogP contribution < -0.4 is 11.1 Å². The number of nitrogens with one attached hydrogen (secondary N) is 1. The van der Waals surface area contributed by atoms with E-state index >= 15 is 0 Å². The first-order valence-corrected chi connectivity index (χ1v) is 6.75. The second kappa shape index (κ2) is 4.97. The fourth-order valence-electron chi connectivity index (χ4n) is 1.92. The van der Waals surface area contributed by atoms with Crippen LogP contribution >= 0.6 is 11.3 Å². The summed E-state index contributed by atoms with van der Waals surface area (Å²) >= 11 is 1.24. The Labute approximate surface area is 118 Å². The molecular weight excluding hydrogens is 279 g/mol. The lowest BCUT2D eigenvalue weighted by atomic mass is 10.2. The summed E-state index contributed by atoms with van der Waals surface area (Å²) in [5, 5.41) is 3.29. The summed E-state index contributed by atoms with van der Waals surface area (Å²) in [5.74, 6) is -0.00544. The maximum absolute atomic E-state index is 13.2. The lowest BCUT2D eigenvalue weighted by Gasteiger charge is -2.01. The van der Waals surface area contributed by atoms with Gasteiger partial charge in [0.15, 0.2) is 0 Å². The zero-order valence-corrected chi connectivity index (χ0v) is 11.2. The molecule has 2 heterocycles. The molecule has 20 heavy (non-hydrogen) atoms. The third kappa shape index (κ3) is 2.25. The molecule has 0 saturated heterocycles. The minimum absolute atomic E-state index is 0.286. The van der Waals surface area contributed by atoms with E-state index in [0.717, 1.165) is 4.70 Å². The second-order valence-electron chi connectivity index (χ2n) is 4.25. The lowest BCUT2D eigenvalue weighted by Crippen LogP contribution is -2.22. The molecule has 0 fully saturated rings. The van der Waals surface area contributed by atoms with Crippen molar-refractivity contribution in [2.75, 3.05) is 5.73 Å². The second-order valence-corrected chi connectivity index (χ2v) is 5.30. The van der Waals surface area contributed by atoms with Crippen LogP contribution in [0.15, 0.2) is 41.0 Å². The van der Waals surface area contributed by atoms with Gasteiger partial charge in [0.25, 0.3) is 5.91 Å². The molecule has 0 radical (unpaired) electrons. The Morgan fingerprint density at radius 2 is 2.25 bits per heavy atom. The van der Waals surface area contributed by atoms with E-state index in [-0.39, 0.29) is 18.3 Å². The van der Waals surface area contributed by atoms with Crippen LogP contribution in [0.1, 0.15) is 15.4 Å². The maximum Gasteiger partial charge on any atom is 0.263 e. The molecule has 1 aromatic carbocycles. The summed E-state index contributed by atoms with van der Waals surface area (Å²) in [6.45, 7) is 0.286. The van der Waals surface area contributed by atoms with Gasteiger partial charge in [0.05, 0.1) is 18.5 Å². The molecule has 0 atom stereocenters. The Balaban J connectivity index is 1.86. The lowest BCUT2D eigenvalue weighted by molar-refractivity contribution is 0.0953. The number of benzene rings is 1. The van der Waals surface area contributed by atoms with Crippen LogP contribution in [0.5, 0.6) is 0 Å². The molecule has 4 nitrogen and oxygen atoms in total. The minimum atomic E-state index is -0.371. The Morgan fingerprint density at radius 1 is 1.40 bits per heavy atom. The fourth-order valence-corrected chi connectivity index (χ4v) is 2.94. The van der Waals surface area contributed by atoms with Crippen LogP contribution in [0.25, 0.3) is 10.1 Å². The quantitative estimate of drug-likeness (QED) is 0.778. The average molecular weight is 290 g/mol. The van der Waals surface area contributed by atoms with Gasteiger partial charge in [0.1, 0.15) is 16.5 Å².